The van der Waals surface area contributed by atoms with Crippen molar-refractivity contribution in [1.29, 1.82) is 0 Å². The first kappa shape index (κ1) is 25.6. The number of piperazine rings is 1. The van der Waals surface area contributed by atoms with E-state index in [2.05, 4.69) is 10.1 Å². The molecule has 0 unspecified atom stereocenters. The van der Waals surface area contributed by atoms with Crippen LogP contribution in [0.5, 0.6) is 5.75 Å². The topological polar surface area (TPSA) is 61.9 Å². The molecule has 198 valence electrons. The summed E-state index contributed by atoms with van der Waals surface area (Å²) in [5, 5.41) is 3.19. The molecule has 1 N–H and O–H groups in total. The smallest absolute Gasteiger partial charge is 0.405 e. The van der Waals surface area contributed by atoms with Crippen molar-refractivity contribution >= 4 is 23.4 Å². The van der Waals surface area contributed by atoms with E-state index in [4.69, 9.17) is 11.6 Å². The Morgan fingerprint density at radius 1 is 1.03 bits per heavy atom. The maximum absolute atomic E-state index is 12.7. The molecule has 1 saturated heterocycles. The molecule has 36 heavy (non-hydrogen) atoms. The summed E-state index contributed by atoms with van der Waals surface area (Å²) < 4.78 is 42.4. The quantitative estimate of drug-likeness (QED) is 0.563. The van der Waals surface area contributed by atoms with Gasteiger partial charge in [0, 0.05) is 49.7 Å². The number of benzene rings is 1. The molecule has 1 aromatic carbocycles. The molecule has 10 heteroatoms. The largest absolute Gasteiger partial charge is 0.573 e. The van der Waals surface area contributed by atoms with Gasteiger partial charge < -0.3 is 15.0 Å². The number of amides is 2. The van der Waals surface area contributed by atoms with Crippen molar-refractivity contribution in [1.82, 2.24) is 15.1 Å². The van der Waals surface area contributed by atoms with E-state index in [9.17, 15) is 22.8 Å². The minimum Gasteiger partial charge on any atom is -0.405 e. The zero-order valence-electron chi connectivity index (χ0n) is 20.3. The first-order valence-electron chi connectivity index (χ1n) is 12.9. The van der Waals surface area contributed by atoms with Gasteiger partial charge in [-0.05, 0) is 79.9 Å². The maximum atomic E-state index is 12.7. The van der Waals surface area contributed by atoms with Gasteiger partial charge in [0.1, 0.15) is 5.75 Å². The normalized spacial score (nSPS) is 29.9. The molecule has 5 fully saturated rings. The van der Waals surface area contributed by atoms with E-state index in [0.717, 1.165) is 37.0 Å². The number of halogens is 4. The first-order valence-corrected chi connectivity index (χ1v) is 13.2. The lowest BCUT2D eigenvalue weighted by molar-refractivity contribution is -0.275. The van der Waals surface area contributed by atoms with Crippen LogP contribution in [0.3, 0.4) is 0 Å². The van der Waals surface area contributed by atoms with E-state index in [1.165, 1.54) is 37.5 Å². The number of rotatable bonds is 7. The molecule has 4 saturated carbocycles. The maximum Gasteiger partial charge on any atom is 0.573 e. The van der Waals surface area contributed by atoms with Gasteiger partial charge in [0.2, 0.25) is 11.8 Å². The van der Waals surface area contributed by atoms with Crippen LogP contribution >= 0.6 is 11.6 Å². The van der Waals surface area contributed by atoms with Crippen LogP contribution in [0.2, 0.25) is 5.02 Å². The second kappa shape index (κ2) is 10.0. The molecule has 0 atom stereocenters. The van der Waals surface area contributed by atoms with E-state index in [-0.39, 0.29) is 36.1 Å². The van der Waals surface area contributed by atoms with E-state index < -0.39 is 6.36 Å². The fourth-order valence-electron chi connectivity index (χ4n) is 7.49. The van der Waals surface area contributed by atoms with E-state index >= 15 is 0 Å². The lowest BCUT2D eigenvalue weighted by Crippen LogP contribution is -2.51. The zero-order chi connectivity index (χ0) is 25.5. The summed E-state index contributed by atoms with van der Waals surface area (Å²) in [6.45, 7) is 2.12. The Balaban J connectivity index is 1.07. The zero-order valence-corrected chi connectivity index (χ0v) is 21.0. The van der Waals surface area contributed by atoms with Gasteiger partial charge in [-0.25, -0.2) is 0 Å². The Labute approximate surface area is 214 Å². The second-order valence-corrected chi connectivity index (χ2v) is 11.8. The van der Waals surface area contributed by atoms with Gasteiger partial charge in [0.05, 0.1) is 6.54 Å². The standard InChI is InChI=1S/C26H33ClF3N3O3/c27-21-1-2-22(36-26(28,29)30)20(10-21)16-32-3-5-33(6-4-32)24(35)15-31-23(34)14-25-11-17-7-18(12-25)9-19(8-17)13-25/h1-2,10,17-19H,3-9,11-16H2,(H,31,34). The fourth-order valence-corrected chi connectivity index (χ4v) is 7.68. The molecular formula is C26H33ClF3N3O3. The first-order chi connectivity index (χ1) is 17.1. The van der Waals surface area contributed by atoms with Crippen molar-refractivity contribution in [2.75, 3.05) is 32.7 Å². The van der Waals surface area contributed by atoms with Crippen LogP contribution in [-0.4, -0.2) is 60.7 Å². The van der Waals surface area contributed by atoms with E-state index in [1.54, 1.807) is 4.90 Å². The number of hydrogen-bond acceptors (Lipinski definition) is 4. The number of alkyl halides is 3. The number of nitrogens with zero attached hydrogens (tertiary/aromatic N) is 2. The summed E-state index contributed by atoms with van der Waals surface area (Å²) in [5.74, 6) is 1.92. The molecule has 0 spiro atoms. The molecule has 1 heterocycles. The van der Waals surface area contributed by atoms with Crippen LogP contribution in [0.4, 0.5) is 13.2 Å². The van der Waals surface area contributed by atoms with Crippen molar-refractivity contribution in [3.8, 4) is 5.75 Å². The van der Waals surface area contributed by atoms with Gasteiger partial charge in [0.25, 0.3) is 0 Å². The second-order valence-electron chi connectivity index (χ2n) is 11.3. The van der Waals surface area contributed by atoms with Gasteiger partial charge in [-0.3, -0.25) is 14.5 Å². The third-order valence-corrected chi connectivity index (χ3v) is 8.74. The highest BCUT2D eigenvalue weighted by molar-refractivity contribution is 6.30. The highest BCUT2D eigenvalue weighted by atomic mass is 35.5. The number of ether oxygens (including phenoxy) is 1. The van der Waals surface area contributed by atoms with Crippen LogP contribution in [0.15, 0.2) is 18.2 Å². The van der Waals surface area contributed by atoms with E-state index in [1.807, 2.05) is 4.90 Å². The molecule has 6 rings (SSSR count). The van der Waals surface area contributed by atoms with Crippen LogP contribution in [-0.2, 0) is 16.1 Å². The van der Waals surface area contributed by atoms with Crippen molar-refractivity contribution in [3.63, 3.8) is 0 Å². The Bertz CT molecular complexity index is 959. The monoisotopic (exact) mass is 527 g/mol. The third-order valence-electron chi connectivity index (χ3n) is 8.50. The molecule has 5 aliphatic rings. The number of carbonyl (C=O) groups is 2. The fraction of sp³-hybridized carbons (Fsp3) is 0.692. The average molecular weight is 528 g/mol. The molecule has 1 aromatic rings. The SMILES string of the molecule is O=C(CC12CC3CC(CC(C3)C1)C2)NCC(=O)N1CCN(Cc2cc(Cl)ccc2OC(F)(F)F)CC1. The van der Waals surface area contributed by atoms with Gasteiger partial charge in [0.15, 0.2) is 0 Å². The van der Waals surface area contributed by atoms with Gasteiger partial charge in [-0.1, -0.05) is 11.6 Å². The molecular weight excluding hydrogens is 495 g/mol. The Hall–Kier alpha value is -2.00. The summed E-state index contributed by atoms with van der Waals surface area (Å²) >= 11 is 5.99. The Morgan fingerprint density at radius 2 is 1.64 bits per heavy atom. The highest BCUT2D eigenvalue weighted by Gasteiger charge is 2.51. The lowest BCUT2D eigenvalue weighted by atomic mass is 9.49. The Morgan fingerprint density at radius 3 is 2.22 bits per heavy atom. The summed E-state index contributed by atoms with van der Waals surface area (Å²) in [6.07, 6.45) is 3.21. The summed E-state index contributed by atoms with van der Waals surface area (Å²) in [7, 11) is 0. The molecule has 4 aliphatic carbocycles. The molecule has 0 aromatic heterocycles. The summed E-state index contributed by atoms with van der Waals surface area (Å²) in [5.41, 5.74) is 0.485. The number of nitrogens with one attached hydrogen (secondary N) is 1. The third kappa shape index (κ3) is 6.10. The van der Waals surface area contributed by atoms with Crippen LogP contribution < -0.4 is 10.1 Å². The molecule has 4 bridgehead atoms. The number of carbonyl (C=O) groups excluding carboxylic acids is 2. The van der Waals surface area contributed by atoms with E-state index in [0.29, 0.717) is 43.2 Å². The highest BCUT2D eigenvalue weighted by Crippen LogP contribution is 2.61. The van der Waals surface area contributed by atoms with Gasteiger partial charge in [-0.15, -0.1) is 13.2 Å². The van der Waals surface area contributed by atoms with Crippen LogP contribution in [0.25, 0.3) is 0 Å². The van der Waals surface area contributed by atoms with Crippen molar-refractivity contribution in [2.24, 2.45) is 23.2 Å². The molecule has 0 radical (unpaired) electrons. The van der Waals surface area contributed by atoms with Crippen molar-refractivity contribution in [3.05, 3.63) is 28.8 Å². The van der Waals surface area contributed by atoms with Crippen molar-refractivity contribution in [2.45, 2.75) is 57.9 Å². The summed E-state index contributed by atoms with van der Waals surface area (Å²) in [4.78, 5) is 29.1. The number of hydrogen-bond donors (Lipinski definition) is 1. The van der Waals surface area contributed by atoms with Gasteiger partial charge in [-0.2, -0.15) is 0 Å². The predicted octanol–water partition coefficient (Wildman–Crippen LogP) is 4.61. The molecule has 1 aliphatic heterocycles. The van der Waals surface area contributed by atoms with Crippen LogP contribution in [0, 0.1) is 23.2 Å². The predicted molar refractivity (Wildman–Crippen MR) is 128 cm³/mol. The Kier molecular flexibility index (Phi) is 7.15. The molecule has 6 nitrogen and oxygen atoms in total. The van der Waals surface area contributed by atoms with Gasteiger partial charge >= 0.3 is 6.36 Å². The minimum absolute atomic E-state index is 0.0109. The van der Waals surface area contributed by atoms with Crippen molar-refractivity contribution < 1.29 is 27.5 Å². The van der Waals surface area contributed by atoms with Crippen LogP contribution in [0.1, 0.15) is 50.5 Å². The molecule has 2 amide bonds. The summed E-state index contributed by atoms with van der Waals surface area (Å²) in [6, 6.07) is 4.05. The average Bonchev–Trinajstić information content (AvgIpc) is 2.78. The lowest BCUT2D eigenvalue weighted by Gasteiger charge is -2.56. The minimum atomic E-state index is -4.78.